The molecule has 0 saturated heterocycles. The van der Waals surface area contributed by atoms with E-state index < -0.39 is 17.9 Å². The first kappa shape index (κ1) is 15.8. The number of rotatable bonds is 5. The summed E-state index contributed by atoms with van der Waals surface area (Å²) in [5.74, 6) is -1.59. The van der Waals surface area contributed by atoms with Crippen LogP contribution in [0.25, 0.3) is 0 Å². The van der Waals surface area contributed by atoms with Crippen molar-refractivity contribution in [2.24, 2.45) is 0 Å². The monoisotopic (exact) mass is 298 g/mol. The Labute approximate surface area is 129 Å². The number of hydrogen-bond donors (Lipinski definition) is 0. The number of carbonyl (C=O) groups is 2. The van der Waals surface area contributed by atoms with E-state index >= 15 is 0 Å². The highest BCUT2D eigenvalue weighted by molar-refractivity contribution is 5.79. The fourth-order valence-corrected chi connectivity index (χ4v) is 2.16. The molecule has 0 N–H and O–H groups in total. The smallest absolute Gasteiger partial charge is 0.247 e. The van der Waals surface area contributed by atoms with Gasteiger partial charge in [0.1, 0.15) is 0 Å². The van der Waals surface area contributed by atoms with Crippen LogP contribution >= 0.6 is 0 Å². The Balaban J connectivity index is 1.87. The van der Waals surface area contributed by atoms with E-state index in [1.807, 2.05) is 67.6 Å². The van der Waals surface area contributed by atoms with Crippen LogP contribution in [-0.4, -0.2) is 11.9 Å². The zero-order chi connectivity index (χ0) is 15.8. The highest BCUT2D eigenvalue weighted by Gasteiger charge is 2.22. The summed E-state index contributed by atoms with van der Waals surface area (Å²) in [5, 5.41) is 0. The molecule has 22 heavy (non-hydrogen) atoms. The molecule has 0 fully saturated rings. The summed E-state index contributed by atoms with van der Waals surface area (Å²) in [4.78, 5) is 33.0. The van der Waals surface area contributed by atoms with Crippen molar-refractivity contribution in [1.82, 2.24) is 0 Å². The summed E-state index contributed by atoms with van der Waals surface area (Å²) in [5.41, 5.74) is 1.65. The van der Waals surface area contributed by atoms with E-state index in [4.69, 9.17) is 4.89 Å². The lowest BCUT2D eigenvalue weighted by atomic mass is 9.97. The van der Waals surface area contributed by atoms with Gasteiger partial charge >= 0.3 is 11.9 Å². The van der Waals surface area contributed by atoms with Crippen LogP contribution in [0, 0.1) is 0 Å². The fraction of sp³-hybridized carbons (Fsp3) is 0.222. The highest BCUT2D eigenvalue weighted by Crippen LogP contribution is 2.20. The first-order valence-electron chi connectivity index (χ1n) is 7.20. The van der Waals surface area contributed by atoms with Crippen molar-refractivity contribution in [3.8, 4) is 0 Å². The molecule has 2 rings (SSSR count). The first-order valence-corrected chi connectivity index (χ1v) is 7.20. The van der Waals surface area contributed by atoms with Crippen LogP contribution in [0.1, 0.15) is 30.4 Å². The third kappa shape index (κ3) is 4.45. The van der Waals surface area contributed by atoms with Crippen molar-refractivity contribution in [2.45, 2.75) is 25.7 Å². The van der Waals surface area contributed by atoms with Gasteiger partial charge in [-0.05, 0) is 17.5 Å². The summed E-state index contributed by atoms with van der Waals surface area (Å²) in [6.07, 6.45) is 0.634. The summed E-state index contributed by atoms with van der Waals surface area (Å²) in [6, 6.07) is 18.4. The average Bonchev–Trinajstić information content (AvgIpc) is 2.55. The largest absolute Gasteiger partial charge is 0.362 e. The molecule has 0 radical (unpaired) electrons. The Morgan fingerprint density at radius 1 is 0.909 bits per heavy atom. The predicted molar refractivity (Wildman–Crippen MR) is 81.8 cm³/mol. The molecule has 4 heteroatoms. The van der Waals surface area contributed by atoms with Crippen molar-refractivity contribution >= 4 is 11.9 Å². The lowest BCUT2D eigenvalue weighted by molar-refractivity contribution is -0.259. The van der Waals surface area contributed by atoms with Gasteiger partial charge in [-0.25, -0.2) is 19.4 Å². The lowest BCUT2D eigenvalue weighted by Gasteiger charge is -2.12. The minimum atomic E-state index is -0.595. The maximum atomic E-state index is 12.0. The summed E-state index contributed by atoms with van der Waals surface area (Å²) < 4.78 is 0. The van der Waals surface area contributed by atoms with Crippen LogP contribution in [0.15, 0.2) is 60.7 Å². The molecule has 0 aliphatic carbocycles. The number of hydrogen-bond acceptors (Lipinski definition) is 4. The molecule has 0 aliphatic rings. The van der Waals surface area contributed by atoms with Crippen molar-refractivity contribution < 1.29 is 19.4 Å². The van der Waals surface area contributed by atoms with Crippen LogP contribution in [0.5, 0.6) is 0 Å². The lowest BCUT2D eigenvalue weighted by Crippen LogP contribution is -2.19. The predicted octanol–water partition coefficient (Wildman–Crippen LogP) is 3.42. The molecule has 114 valence electrons. The Bertz CT molecular complexity index is 607. The first-order chi connectivity index (χ1) is 10.7. The second kappa shape index (κ2) is 7.98. The van der Waals surface area contributed by atoms with E-state index in [0.717, 1.165) is 11.1 Å². The molecule has 0 spiro atoms. The molecule has 0 aliphatic heterocycles. The molecule has 0 bridgehead atoms. The summed E-state index contributed by atoms with van der Waals surface area (Å²) in [6.45, 7) is 1.88. The molecule has 0 amide bonds. The van der Waals surface area contributed by atoms with Gasteiger partial charge in [0.15, 0.2) is 0 Å². The second-order valence-corrected chi connectivity index (χ2v) is 4.89. The van der Waals surface area contributed by atoms with Gasteiger partial charge in [-0.1, -0.05) is 67.6 Å². The topological polar surface area (TPSA) is 52.6 Å². The quantitative estimate of drug-likeness (QED) is 0.627. The number of benzene rings is 2. The van der Waals surface area contributed by atoms with Gasteiger partial charge in [0, 0.05) is 0 Å². The number of carbonyl (C=O) groups excluding carboxylic acids is 2. The molecule has 0 aromatic heterocycles. The van der Waals surface area contributed by atoms with Crippen molar-refractivity contribution in [2.75, 3.05) is 0 Å². The standard InChI is InChI=1S/C18H18O4/c1-2-16(15-11-7-4-8-12-15)18(20)22-21-17(19)13-14-9-5-3-6-10-14/h3-12,16H,2,13H2,1H3. The summed E-state index contributed by atoms with van der Waals surface area (Å²) in [7, 11) is 0. The van der Waals surface area contributed by atoms with Crippen molar-refractivity contribution in [1.29, 1.82) is 0 Å². The third-order valence-corrected chi connectivity index (χ3v) is 3.30. The minimum absolute atomic E-state index is 0.0657. The molecular formula is C18H18O4. The van der Waals surface area contributed by atoms with Gasteiger partial charge in [0.05, 0.1) is 12.3 Å². The molecule has 0 saturated carbocycles. The third-order valence-electron chi connectivity index (χ3n) is 3.30. The van der Waals surface area contributed by atoms with Gasteiger partial charge in [0.2, 0.25) is 0 Å². The van der Waals surface area contributed by atoms with Crippen molar-refractivity contribution in [3.05, 3.63) is 71.8 Å². The molecule has 1 atom stereocenters. The maximum Gasteiger partial charge on any atom is 0.362 e. The normalized spacial score (nSPS) is 11.5. The Kier molecular flexibility index (Phi) is 5.72. The Morgan fingerprint density at radius 2 is 1.50 bits per heavy atom. The van der Waals surface area contributed by atoms with Crippen molar-refractivity contribution in [3.63, 3.8) is 0 Å². The van der Waals surface area contributed by atoms with Gasteiger partial charge in [-0.2, -0.15) is 0 Å². The summed E-state index contributed by atoms with van der Waals surface area (Å²) >= 11 is 0. The van der Waals surface area contributed by atoms with E-state index in [1.54, 1.807) is 0 Å². The average molecular weight is 298 g/mol. The SMILES string of the molecule is CCC(C(=O)OOC(=O)Cc1ccccc1)c1ccccc1. The van der Waals surface area contributed by atoms with Crippen LogP contribution < -0.4 is 0 Å². The van der Waals surface area contributed by atoms with Crippen LogP contribution in [0.2, 0.25) is 0 Å². The maximum absolute atomic E-state index is 12.0. The van der Waals surface area contributed by atoms with E-state index in [0.29, 0.717) is 6.42 Å². The zero-order valence-corrected chi connectivity index (χ0v) is 12.4. The Morgan fingerprint density at radius 3 is 2.09 bits per heavy atom. The second-order valence-electron chi connectivity index (χ2n) is 4.89. The van der Waals surface area contributed by atoms with Crippen LogP contribution in [-0.2, 0) is 25.8 Å². The molecule has 1 unspecified atom stereocenters. The van der Waals surface area contributed by atoms with Crippen LogP contribution in [0.3, 0.4) is 0 Å². The Hall–Kier alpha value is -2.62. The van der Waals surface area contributed by atoms with E-state index in [9.17, 15) is 9.59 Å². The van der Waals surface area contributed by atoms with Gasteiger partial charge in [-0.3, -0.25) is 0 Å². The zero-order valence-electron chi connectivity index (χ0n) is 12.4. The van der Waals surface area contributed by atoms with Crippen LogP contribution in [0.4, 0.5) is 0 Å². The molecule has 2 aromatic carbocycles. The fourth-order valence-electron chi connectivity index (χ4n) is 2.16. The van der Waals surface area contributed by atoms with E-state index in [-0.39, 0.29) is 6.42 Å². The van der Waals surface area contributed by atoms with E-state index in [1.165, 1.54) is 0 Å². The molecule has 0 heterocycles. The minimum Gasteiger partial charge on any atom is -0.247 e. The molecule has 4 nitrogen and oxygen atoms in total. The molecular weight excluding hydrogens is 280 g/mol. The highest BCUT2D eigenvalue weighted by atomic mass is 17.2. The molecule has 2 aromatic rings. The van der Waals surface area contributed by atoms with Gasteiger partial charge in [0.25, 0.3) is 0 Å². The van der Waals surface area contributed by atoms with Gasteiger partial charge in [-0.15, -0.1) is 0 Å². The van der Waals surface area contributed by atoms with Gasteiger partial charge < -0.3 is 0 Å². The van der Waals surface area contributed by atoms with E-state index in [2.05, 4.69) is 4.89 Å².